The Hall–Kier alpha value is -1.90. The summed E-state index contributed by atoms with van der Waals surface area (Å²) >= 11 is 11.7. The van der Waals surface area contributed by atoms with Gasteiger partial charge in [0.15, 0.2) is 0 Å². The van der Waals surface area contributed by atoms with Crippen molar-refractivity contribution in [3.8, 4) is 17.6 Å². The van der Waals surface area contributed by atoms with Crippen molar-refractivity contribution in [2.24, 2.45) is 0 Å². The molecule has 0 aliphatic rings. The van der Waals surface area contributed by atoms with Gasteiger partial charge in [-0.15, -0.1) is 0 Å². The van der Waals surface area contributed by atoms with E-state index in [1.165, 1.54) is 24.3 Å². The van der Waals surface area contributed by atoms with E-state index in [-0.39, 0.29) is 21.5 Å². The standard InChI is InChI=1S/C14H6Cl2F3NO/c15-11-2-1-3-12(13(11)16)21-9-5-4-8(7-20)10(6-9)14(17,18)19/h1-6H. The highest BCUT2D eigenvalue weighted by atomic mass is 35.5. The van der Waals surface area contributed by atoms with Crippen LogP contribution in [0.25, 0.3) is 0 Å². The van der Waals surface area contributed by atoms with E-state index in [9.17, 15) is 13.2 Å². The molecule has 0 saturated heterocycles. The van der Waals surface area contributed by atoms with Crippen LogP contribution in [0, 0.1) is 11.3 Å². The van der Waals surface area contributed by atoms with Gasteiger partial charge in [0.2, 0.25) is 0 Å². The van der Waals surface area contributed by atoms with Gasteiger partial charge in [-0.05, 0) is 30.3 Å². The Balaban J connectivity index is 2.43. The summed E-state index contributed by atoms with van der Waals surface area (Å²) in [6.07, 6.45) is -4.65. The molecule has 0 saturated carbocycles. The molecule has 7 heteroatoms. The van der Waals surface area contributed by atoms with E-state index in [0.717, 1.165) is 12.1 Å². The molecule has 0 unspecified atom stereocenters. The van der Waals surface area contributed by atoms with Gasteiger partial charge < -0.3 is 4.74 Å². The Kier molecular flexibility index (Phi) is 4.31. The van der Waals surface area contributed by atoms with Crippen molar-refractivity contribution in [1.82, 2.24) is 0 Å². The third-order valence-corrected chi connectivity index (χ3v) is 3.36. The number of nitrogens with zero attached hydrogens (tertiary/aromatic N) is 1. The van der Waals surface area contributed by atoms with Crippen molar-refractivity contribution >= 4 is 23.2 Å². The van der Waals surface area contributed by atoms with Crippen LogP contribution >= 0.6 is 23.2 Å². The Morgan fingerprint density at radius 1 is 1.10 bits per heavy atom. The fourth-order valence-electron chi connectivity index (χ4n) is 1.61. The van der Waals surface area contributed by atoms with E-state index in [1.54, 1.807) is 6.07 Å². The van der Waals surface area contributed by atoms with Gasteiger partial charge in [-0.25, -0.2) is 0 Å². The molecule has 0 N–H and O–H groups in total. The third-order valence-electron chi connectivity index (χ3n) is 2.56. The molecule has 0 spiro atoms. The molecular weight excluding hydrogens is 326 g/mol. The zero-order chi connectivity index (χ0) is 15.6. The van der Waals surface area contributed by atoms with Crippen LogP contribution in [0.15, 0.2) is 36.4 Å². The molecule has 2 rings (SSSR count). The van der Waals surface area contributed by atoms with Gasteiger partial charge in [0.25, 0.3) is 0 Å². The van der Waals surface area contributed by atoms with E-state index in [4.69, 9.17) is 33.2 Å². The van der Waals surface area contributed by atoms with Crippen LogP contribution in [0.2, 0.25) is 10.0 Å². The van der Waals surface area contributed by atoms with Gasteiger partial charge in [0.1, 0.15) is 16.5 Å². The van der Waals surface area contributed by atoms with Crippen LogP contribution in [0.5, 0.6) is 11.5 Å². The van der Waals surface area contributed by atoms with Crippen molar-refractivity contribution in [2.75, 3.05) is 0 Å². The molecule has 2 nitrogen and oxygen atoms in total. The van der Waals surface area contributed by atoms with Crippen LogP contribution in [-0.4, -0.2) is 0 Å². The van der Waals surface area contributed by atoms with E-state index in [2.05, 4.69) is 0 Å². The van der Waals surface area contributed by atoms with Gasteiger partial charge in [-0.3, -0.25) is 0 Å². The number of nitriles is 1. The molecule has 0 fully saturated rings. The first-order valence-corrected chi connectivity index (χ1v) is 6.31. The zero-order valence-electron chi connectivity index (χ0n) is 10.2. The number of ether oxygens (including phenoxy) is 1. The summed E-state index contributed by atoms with van der Waals surface area (Å²) in [7, 11) is 0. The third kappa shape index (κ3) is 3.41. The molecule has 0 aromatic heterocycles. The van der Waals surface area contributed by atoms with Crippen LogP contribution in [0.4, 0.5) is 13.2 Å². The van der Waals surface area contributed by atoms with E-state index in [0.29, 0.717) is 0 Å². The normalized spacial score (nSPS) is 11.0. The van der Waals surface area contributed by atoms with Crippen molar-refractivity contribution in [2.45, 2.75) is 6.18 Å². The lowest BCUT2D eigenvalue weighted by Crippen LogP contribution is -2.07. The van der Waals surface area contributed by atoms with Crippen LogP contribution in [0.3, 0.4) is 0 Å². The lowest BCUT2D eigenvalue weighted by atomic mass is 10.1. The maximum atomic E-state index is 12.8. The topological polar surface area (TPSA) is 33.0 Å². The molecule has 0 aliphatic carbocycles. The molecule has 0 aliphatic heterocycles. The van der Waals surface area contributed by atoms with Crippen molar-refractivity contribution < 1.29 is 17.9 Å². The molecule has 0 bridgehead atoms. The first-order valence-electron chi connectivity index (χ1n) is 5.56. The molecule has 21 heavy (non-hydrogen) atoms. The van der Waals surface area contributed by atoms with Crippen LogP contribution in [0.1, 0.15) is 11.1 Å². The summed E-state index contributed by atoms with van der Waals surface area (Å²) in [5.41, 5.74) is -1.55. The first kappa shape index (κ1) is 15.5. The quantitative estimate of drug-likeness (QED) is 0.709. The highest BCUT2D eigenvalue weighted by molar-refractivity contribution is 6.42. The summed E-state index contributed by atoms with van der Waals surface area (Å²) in [5, 5.41) is 9.03. The molecule has 0 amide bonds. The number of benzene rings is 2. The number of hydrogen-bond acceptors (Lipinski definition) is 2. The highest BCUT2D eigenvalue weighted by Crippen LogP contribution is 2.38. The number of halogens is 5. The minimum atomic E-state index is -4.65. The predicted octanol–water partition coefficient (Wildman–Crippen LogP) is 5.68. The predicted molar refractivity (Wildman–Crippen MR) is 72.7 cm³/mol. The van der Waals surface area contributed by atoms with Crippen LogP contribution in [-0.2, 0) is 6.18 Å². The van der Waals surface area contributed by atoms with E-state index < -0.39 is 17.3 Å². The van der Waals surface area contributed by atoms with Crippen LogP contribution < -0.4 is 4.74 Å². The van der Waals surface area contributed by atoms with Gasteiger partial charge in [-0.2, -0.15) is 18.4 Å². The minimum absolute atomic E-state index is 0.0921. The Bertz CT molecular complexity index is 723. The largest absolute Gasteiger partial charge is 0.456 e. The number of hydrogen-bond donors (Lipinski definition) is 0. The second kappa shape index (κ2) is 5.84. The zero-order valence-corrected chi connectivity index (χ0v) is 11.7. The molecule has 0 radical (unpaired) electrons. The number of rotatable bonds is 2. The van der Waals surface area contributed by atoms with E-state index in [1.807, 2.05) is 0 Å². The van der Waals surface area contributed by atoms with Gasteiger partial charge in [-0.1, -0.05) is 29.3 Å². The molecular formula is C14H6Cl2F3NO. The maximum absolute atomic E-state index is 12.8. The Morgan fingerprint density at radius 3 is 2.43 bits per heavy atom. The molecule has 108 valence electrons. The Morgan fingerprint density at radius 2 is 1.81 bits per heavy atom. The minimum Gasteiger partial charge on any atom is -0.456 e. The summed E-state index contributed by atoms with van der Waals surface area (Å²) in [4.78, 5) is 0. The van der Waals surface area contributed by atoms with Crippen molar-refractivity contribution in [3.63, 3.8) is 0 Å². The smallest absolute Gasteiger partial charge is 0.417 e. The van der Waals surface area contributed by atoms with Gasteiger partial charge >= 0.3 is 6.18 Å². The summed E-state index contributed by atoms with van der Waals surface area (Å²) in [5.74, 6) is 0.0347. The Labute approximate surface area is 128 Å². The summed E-state index contributed by atoms with van der Waals surface area (Å²) in [6.45, 7) is 0. The van der Waals surface area contributed by atoms with Gasteiger partial charge in [0, 0.05) is 0 Å². The SMILES string of the molecule is N#Cc1ccc(Oc2cccc(Cl)c2Cl)cc1C(F)(F)F. The molecule has 0 heterocycles. The fraction of sp³-hybridized carbons (Fsp3) is 0.0714. The van der Waals surface area contributed by atoms with Crippen molar-refractivity contribution in [3.05, 3.63) is 57.6 Å². The summed E-state index contributed by atoms with van der Waals surface area (Å²) < 4.78 is 43.8. The highest BCUT2D eigenvalue weighted by Gasteiger charge is 2.34. The van der Waals surface area contributed by atoms with Gasteiger partial charge in [0.05, 0.1) is 22.2 Å². The van der Waals surface area contributed by atoms with E-state index >= 15 is 0 Å². The van der Waals surface area contributed by atoms with Crippen molar-refractivity contribution in [1.29, 1.82) is 5.26 Å². The lowest BCUT2D eigenvalue weighted by molar-refractivity contribution is -0.137. The second-order valence-corrected chi connectivity index (χ2v) is 4.76. The molecule has 2 aromatic carbocycles. The monoisotopic (exact) mass is 331 g/mol. The fourth-order valence-corrected chi connectivity index (χ4v) is 1.94. The summed E-state index contributed by atoms with van der Waals surface area (Å²) in [6, 6.07) is 9.08. The second-order valence-electron chi connectivity index (χ2n) is 3.97. The molecule has 0 atom stereocenters. The maximum Gasteiger partial charge on any atom is 0.417 e. The number of alkyl halides is 3. The molecule has 2 aromatic rings. The average molecular weight is 332 g/mol. The average Bonchev–Trinajstić information content (AvgIpc) is 2.43. The first-order chi connectivity index (χ1) is 9.82. The lowest BCUT2D eigenvalue weighted by Gasteiger charge is -2.12.